The van der Waals surface area contributed by atoms with Gasteiger partial charge >= 0.3 is 0 Å². The van der Waals surface area contributed by atoms with Crippen molar-refractivity contribution >= 4 is 11.8 Å². The fourth-order valence-corrected chi connectivity index (χ4v) is 1.44. The predicted molar refractivity (Wildman–Crippen MR) is 77.0 cm³/mol. The number of nitrogens with one attached hydrogen (secondary N) is 4. The second-order valence-corrected chi connectivity index (χ2v) is 4.30. The average molecular weight is 272 g/mol. The summed E-state index contributed by atoms with van der Waals surface area (Å²) in [5.74, 6) is 0.132. The van der Waals surface area contributed by atoms with Crippen LogP contribution in [0.2, 0.25) is 0 Å². The fourth-order valence-electron chi connectivity index (χ4n) is 1.44. The predicted octanol–water partition coefficient (Wildman–Crippen LogP) is -0.392. The molecule has 4 N–H and O–H groups in total. The molecule has 0 aromatic heterocycles. The molecule has 0 unspecified atom stereocenters. The van der Waals surface area contributed by atoms with E-state index in [1.807, 2.05) is 13.8 Å². The van der Waals surface area contributed by atoms with Gasteiger partial charge in [-0.05, 0) is 13.0 Å². The Morgan fingerprint density at radius 3 is 1.89 bits per heavy atom. The first-order chi connectivity index (χ1) is 9.20. The van der Waals surface area contributed by atoms with Crippen molar-refractivity contribution in [2.24, 2.45) is 0 Å². The van der Waals surface area contributed by atoms with Gasteiger partial charge in [0, 0.05) is 45.6 Å². The third-order valence-electron chi connectivity index (χ3n) is 2.50. The standard InChI is InChI=1S/C13H28N4O2/c1-3-7-16-12(18)6-9-15-10-11-17-13(19)5-8-14-4-2/h14-15H,3-11H2,1-2H3,(H,16,18)(H,17,19). The fraction of sp³-hybridized carbons (Fsp3) is 0.846. The van der Waals surface area contributed by atoms with Crippen LogP contribution >= 0.6 is 0 Å². The lowest BCUT2D eigenvalue weighted by Crippen LogP contribution is -2.35. The van der Waals surface area contributed by atoms with Crippen molar-refractivity contribution in [2.75, 3.05) is 39.3 Å². The highest BCUT2D eigenvalue weighted by molar-refractivity contribution is 5.76. The summed E-state index contributed by atoms with van der Waals surface area (Å²) in [7, 11) is 0. The Kier molecular flexibility index (Phi) is 12.5. The lowest BCUT2D eigenvalue weighted by atomic mass is 10.3. The number of amides is 2. The van der Waals surface area contributed by atoms with Crippen molar-refractivity contribution in [2.45, 2.75) is 33.1 Å². The maximum absolute atomic E-state index is 11.3. The highest BCUT2D eigenvalue weighted by Gasteiger charge is 2.00. The van der Waals surface area contributed by atoms with Crippen LogP contribution in [0.4, 0.5) is 0 Å². The first-order valence-corrected chi connectivity index (χ1v) is 7.15. The molecule has 0 saturated heterocycles. The smallest absolute Gasteiger partial charge is 0.221 e. The van der Waals surface area contributed by atoms with Crippen LogP contribution in [0.1, 0.15) is 33.1 Å². The Bertz CT molecular complexity index is 247. The van der Waals surface area contributed by atoms with Crippen molar-refractivity contribution < 1.29 is 9.59 Å². The average Bonchev–Trinajstić information content (AvgIpc) is 2.40. The zero-order valence-electron chi connectivity index (χ0n) is 12.2. The summed E-state index contributed by atoms with van der Waals surface area (Å²) >= 11 is 0. The topological polar surface area (TPSA) is 82.3 Å². The molecule has 2 amide bonds. The molecule has 0 fully saturated rings. The third-order valence-corrected chi connectivity index (χ3v) is 2.50. The molecule has 0 bridgehead atoms. The van der Waals surface area contributed by atoms with Gasteiger partial charge in [-0.2, -0.15) is 0 Å². The Morgan fingerprint density at radius 1 is 0.737 bits per heavy atom. The Labute approximate surface area is 116 Å². The van der Waals surface area contributed by atoms with Crippen LogP contribution in [-0.4, -0.2) is 51.1 Å². The summed E-state index contributed by atoms with van der Waals surface area (Å²) < 4.78 is 0. The molecule has 0 saturated carbocycles. The SMILES string of the molecule is CCCNC(=O)CCNCCNC(=O)CCNCC. The molecular weight excluding hydrogens is 244 g/mol. The van der Waals surface area contributed by atoms with Gasteiger partial charge in [-0.1, -0.05) is 13.8 Å². The van der Waals surface area contributed by atoms with Crippen LogP contribution in [0.3, 0.4) is 0 Å². The van der Waals surface area contributed by atoms with E-state index in [9.17, 15) is 9.59 Å². The van der Waals surface area contributed by atoms with Crippen LogP contribution in [-0.2, 0) is 9.59 Å². The zero-order chi connectivity index (χ0) is 14.3. The maximum atomic E-state index is 11.3. The summed E-state index contributed by atoms with van der Waals surface area (Å²) in [4.78, 5) is 22.6. The van der Waals surface area contributed by atoms with Crippen LogP contribution in [0.25, 0.3) is 0 Å². The molecule has 112 valence electrons. The van der Waals surface area contributed by atoms with Gasteiger partial charge in [-0.3, -0.25) is 9.59 Å². The lowest BCUT2D eigenvalue weighted by Gasteiger charge is -2.07. The molecule has 0 rings (SSSR count). The number of rotatable bonds is 12. The van der Waals surface area contributed by atoms with Gasteiger partial charge in [0.2, 0.25) is 11.8 Å². The van der Waals surface area contributed by atoms with E-state index in [-0.39, 0.29) is 11.8 Å². The molecule has 19 heavy (non-hydrogen) atoms. The van der Waals surface area contributed by atoms with Crippen molar-refractivity contribution in [1.82, 2.24) is 21.3 Å². The first kappa shape index (κ1) is 17.9. The summed E-state index contributed by atoms with van der Waals surface area (Å²) in [6.45, 7) is 8.30. The molecule has 0 atom stereocenters. The number of carbonyl (C=O) groups excluding carboxylic acids is 2. The molecule has 6 nitrogen and oxygen atoms in total. The maximum Gasteiger partial charge on any atom is 0.221 e. The van der Waals surface area contributed by atoms with Crippen LogP contribution in [0, 0.1) is 0 Å². The van der Waals surface area contributed by atoms with Crippen molar-refractivity contribution in [1.29, 1.82) is 0 Å². The Hall–Kier alpha value is -1.14. The molecule has 0 heterocycles. The normalized spacial score (nSPS) is 10.2. The van der Waals surface area contributed by atoms with Gasteiger partial charge in [0.25, 0.3) is 0 Å². The van der Waals surface area contributed by atoms with Crippen molar-refractivity contribution in [3.63, 3.8) is 0 Å². The Balaban J connectivity index is 3.26. The molecule has 0 aliphatic rings. The van der Waals surface area contributed by atoms with Crippen molar-refractivity contribution in [3.8, 4) is 0 Å². The van der Waals surface area contributed by atoms with E-state index in [0.29, 0.717) is 39.0 Å². The van der Waals surface area contributed by atoms with E-state index in [0.717, 1.165) is 19.5 Å². The van der Waals surface area contributed by atoms with E-state index in [4.69, 9.17) is 0 Å². The first-order valence-electron chi connectivity index (χ1n) is 7.15. The second-order valence-electron chi connectivity index (χ2n) is 4.30. The van der Waals surface area contributed by atoms with Gasteiger partial charge < -0.3 is 21.3 Å². The van der Waals surface area contributed by atoms with E-state index >= 15 is 0 Å². The molecule has 0 radical (unpaired) electrons. The highest BCUT2D eigenvalue weighted by Crippen LogP contribution is 1.79. The zero-order valence-corrected chi connectivity index (χ0v) is 12.2. The van der Waals surface area contributed by atoms with Crippen LogP contribution in [0.15, 0.2) is 0 Å². The van der Waals surface area contributed by atoms with E-state index in [1.54, 1.807) is 0 Å². The van der Waals surface area contributed by atoms with Gasteiger partial charge in [-0.15, -0.1) is 0 Å². The van der Waals surface area contributed by atoms with Gasteiger partial charge in [0.15, 0.2) is 0 Å². The monoisotopic (exact) mass is 272 g/mol. The van der Waals surface area contributed by atoms with E-state index in [1.165, 1.54) is 0 Å². The lowest BCUT2D eigenvalue weighted by molar-refractivity contribution is -0.122. The largest absolute Gasteiger partial charge is 0.356 e. The summed E-state index contributed by atoms with van der Waals surface area (Å²) in [5.41, 5.74) is 0. The Morgan fingerprint density at radius 2 is 1.32 bits per heavy atom. The van der Waals surface area contributed by atoms with E-state index in [2.05, 4.69) is 21.3 Å². The van der Waals surface area contributed by atoms with Crippen molar-refractivity contribution in [3.05, 3.63) is 0 Å². The summed E-state index contributed by atoms with van der Waals surface area (Å²) in [5, 5.41) is 11.9. The quantitative estimate of drug-likeness (QED) is 0.365. The minimum absolute atomic E-state index is 0.0587. The molecule has 0 spiro atoms. The number of hydrogen-bond acceptors (Lipinski definition) is 4. The molecule has 0 aliphatic carbocycles. The summed E-state index contributed by atoms with van der Waals surface area (Å²) in [6, 6.07) is 0. The van der Waals surface area contributed by atoms with E-state index < -0.39 is 0 Å². The van der Waals surface area contributed by atoms with Gasteiger partial charge in [0.05, 0.1) is 0 Å². The van der Waals surface area contributed by atoms with Crippen LogP contribution in [0.5, 0.6) is 0 Å². The minimum atomic E-state index is 0.0587. The molecular formula is C13H28N4O2. The molecule has 0 aromatic carbocycles. The summed E-state index contributed by atoms with van der Waals surface area (Å²) in [6.07, 6.45) is 1.94. The minimum Gasteiger partial charge on any atom is -0.356 e. The highest BCUT2D eigenvalue weighted by atomic mass is 16.2. The number of hydrogen-bond donors (Lipinski definition) is 4. The molecule has 0 aromatic rings. The third kappa shape index (κ3) is 13.1. The second kappa shape index (κ2) is 13.3. The van der Waals surface area contributed by atoms with Gasteiger partial charge in [0.1, 0.15) is 0 Å². The number of carbonyl (C=O) groups is 2. The molecule has 6 heteroatoms. The van der Waals surface area contributed by atoms with Crippen LogP contribution < -0.4 is 21.3 Å². The van der Waals surface area contributed by atoms with Gasteiger partial charge in [-0.25, -0.2) is 0 Å². The molecule has 0 aliphatic heterocycles.